The molecule has 1 aromatic heterocycles. The monoisotopic (exact) mass is 235 g/mol. The lowest BCUT2D eigenvalue weighted by Gasteiger charge is -1.98. The van der Waals surface area contributed by atoms with E-state index in [-0.39, 0.29) is 0 Å². The molecule has 0 amide bonds. The molecule has 72 valence electrons. The Morgan fingerprint density at radius 3 is 2.92 bits per heavy atom. The predicted octanol–water partition coefficient (Wildman–Crippen LogP) is 3.29. The van der Waals surface area contributed by atoms with Crippen molar-refractivity contribution in [3.63, 3.8) is 0 Å². The molecule has 0 unspecified atom stereocenters. The summed E-state index contributed by atoms with van der Waals surface area (Å²) in [7, 11) is 0. The summed E-state index contributed by atoms with van der Waals surface area (Å²) in [6.45, 7) is 1.78. The van der Waals surface area contributed by atoms with E-state index in [9.17, 15) is 0 Å². The van der Waals surface area contributed by atoms with Crippen molar-refractivity contribution in [2.24, 2.45) is 0 Å². The highest BCUT2D eigenvalue weighted by molar-refractivity contribution is 7.16. The maximum absolute atomic E-state index is 5.79. The number of thiophene rings is 1. The van der Waals surface area contributed by atoms with Crippen LogP contribution in [0.25, 0.3) is 0 Å². The van der Waals surface area contributed by atoms with Crippen molar-refractivity contribution < 1.29 is 0 Å². The Morgan fingerprint density at radius 2 is 2.31 bits per heavy atom. The lowest BCUT2D eigenvalue weighted by molar-refractivity contribution is 0.750. The Bertz CT molecular complexity index is 270. The molecule has 0 spiro atoms. The Kier molecular flexibility index (Phi) is 5.47. The molecule has 0 aliphatic heterocycles. The van der Waals surface area contributed by atoms with Gasteiger partial charge < -0.3 is 5.32 Å². The normalized spacial score (nSPS) is 11.2. The lowest BCUT2D eigenvalue weighted by atomic mass is 10.3. The van der Waals surface area contributed by atoms with Crippen LogP contribution in [0.1, 0.15) is 4.88 Å². The Morgan fingerprint density at radius 1 is 1.46 bits per heavy atom. The van der Waals surface area contributed by atoms with Crippen LogP contribution >= 0.6 is 34.5 Å². The van der Waals surface area contributed by atoms with Crippen LogP contribution in [0.2, 0.25) is 4.34 Å². The first-order valence-corrected chi connectivity index (χ1v) is 5.66. The van der Waals surface area contributed by atoms with Crippen molar-refractivity contribution in [1.29, 1.82) is 0 Å². The third-order valence-electron chi connectivity index (χ3n) is 1.53. The molecule has 0 fully saturated rings. The van der Waals surface area contributed by atoms with E-state index in [0.717, 1.165) is 23.8 Å². The fourth-order valence-corrected chi connectivity index (χ4v) is 2.10. The standard InChI is InChI=1S/C9H11Cl2NS/c10-5-1-6-12-7-4-8-2-3-9(11)13-8/h1-3,5,12H,4,6-7H2/b5-1+. The van der Waals surface area contributed by atoms with Gasteiger partial charge in [-0.2, -0.15) is 0 Å². The van der Waals surface area contributed by atoms with Gasteiger partial charge in [0, 0.05) is 23.5 Å². The minimum absolute atomic E-state index is 0.822. The summed E-state index contributed by atoms with van der Waals surface area (Å²) in [5.41, 5.74) is 1.52. The van der Waals surface area contributed by atoms with Gasteiger partial charge in [0.05, 0.1) is 4.34 Å². The Labute approximate surface area is 92.4 Å². The minimum Gasteiger partial charge on any atom is -0.313 e. The smallest absolute Gasteiger partial charge is 0.0931 e. The molecule has 0 aromatic carbocycles. The molecule has 0 saturated heterocycles. The predicted molar refractivity (Wildman–Crippen MR) is 60.9 cm³/mol. The van der Waals surface area contributed by atoms with Gasteiger partial charge in [-0.3, -0.25) is 0 Å². The minimum atomic E-state index is 0.822. The summed E-state index contributed by atoms with van der Waals surface area (Å²) in [6, 6.07) is 3.99. The molecule has 1 aromatic rings. The second kappa shape index (κ2) is 6.44. The van der Waals surface area contributed by atoms with Crippen molar-refractivity contribution in [3.05, 3.63) is 33.0 Å². The molecule has 0 aliphatic carbocycles. The zero-order valence-electron chi connectivity index (χ0n) is 7.09. The van der Waals surface area contributed by atoms with Crippen LogP contribution in [-0.2, 0) is 6.42 Å². The van der Waals surface area contributed by atoms with Gasteiger partial charge in [-0.05, 0) is 18.6 Å². The van der Waals surface area contributed by atoms with E-state index < -0.39 is 0 Å². The topological polar surface area (TPSA) is 12.0 Å². The van der Waals surface area contributed by atoms with Crippen LogP contribution in [0.15, 0.2) is 23.7 Å². The highest BCUT2D eigenvalue weighted by Crippen LogP contribution is 2.21. The van der Waals surface area contributed by atoms with E-state index in [1.807, 2.05) is 12.1 Å². The number of rotatable bonds is 5. The number of hydrogen-bond donors (Lipinski definition) is 1. The van der Waals surface area contributed by atoms with E-state index in [1.165, 1.54) is 10.4 Å². The van der Waals surface area contributed by atoms with E-state index in [4.69, 9.17) is 23.2 Å². The van der Waals surface area contributed by atoms with Gasteiger partial charge >= 0.3 is 0 Å². The Hall–Kier alpha value is -0.0200. The van der Waals surface area contributed by atoms with Gasteiger partial charge in [-0.25, -0.2) is 0 Å². The Balaban J connectivity index is 2.13. The molecule has 1 rings (SSSR count). The van der Waals surface area contributed by atoms with Crippen LogP contribution < -0.4 is 5.32 Å². The fraction of sp³-hybridized carbons (Fsp3) is 0.333. The van der Waals surface area contributed by atoms with E-state index in [0.29, 0.717) is 0 Å². The van der Waals surface area contributed by atoms with E-state index >= 15 is 0 Å². The molecule has 0 bridgehead atoms. The van der Waals surface area contributed by atoms with Crippen molar-refractivity contribution in [2.75, 3.05) is 13.1 Å². The molecule has 0 aliphatic rings. The van der Waals surface area contributed by atoms with Crippen molar-refractivity contribution in [2.45, 2.75) is 6.42 Å². The van der Waals surface area contributed by atoms with Gasteiger partial charge in [0.2, 0.25) is 0 Å². The third-order valence-corrected chi connectivity index (χ3v) is 3.00. The molecule has 13 heavy (non-hydrogen) atoms. The van der Waals surface area contributed by atoms with Gasteiger partial charge in [-0.1, -0.05) is 29.3 Å². The summed E-state index contributed by atoms with van der Waals surface area (Å²) < 4.78 is 0.857. The summed E-state index contributed by atoms with van der Waals surface area (Å²) in [5.74, 6) is 0. The first kappa shape index (κ1) is 11.1. The van der Waals surface area contributed by atoms with Crippen molar-refractivity contribution >= 4 is 34.5 Å². The lowest BCUT2D eigenvalue weighted by Crippen LogP contribution is -2.16. The van der Waals surface area contributed by atoms with Gasteiger partial charge in [0.1, 0.15) is 0 Å². The van der Waals surface area contributed by atoms with Gasteiger partial charge in [0.25, 0.3) is 0 Å². The number of halogens is 2. The molecule has 4 heteroatoms. The molecule has 1 heterocycles. The van der Waals surface area contributed by atoms with Crippen LogP contribution in [0, 0.1) is 0 Å². The average Bonchev–Trinajstić information content (AvgIpc) is 2.51. The average molecular weight is 236 g/mol. The van der Waals surface area contributed by atoms with Gasteiger partial charge in [-0.15, -0.1) is 11.3 Å². The number of hydrogen-bond acceptors (Lipinski definition) is 2. The van der Waals surface area contributed by atoms with E-state index in [2.05, 4.69) is 11.4 Å². The molecule has 0 atom stereocenters. The highest BCUT2D eigenvalue weighted by atomic mass is 35.5. The second-order valence-electron chi connectivity index (χ2n) is 2.52. The summed E-state index contributed by atoms with van der Waals surface area (Å²) >= 11 is 12.8. The van der Waals surface area contributed by atoms with Gasteiger partial charge in [0.15, 0.2) is 0 Å². The second-order valence-corrected chi connectivity index (χ2v) is 4.57. The molecule has 1 nitrogen and oxygen atoms in total. The summed E-state index contributed by atoms with van der Waals surface area (Å²) in [6.07, 6.45) is 2.90. The molecule has 1 N–H and O–H groups in total. The molecule has 0 radical (unpaired) electrons. The maximum atomic E-state index is 5.79. The van der Waals surface area contributed by atoms with Crippen LogP contribution in [-0.4, -0.2) is 13.1 Å². The molecule has 0 saturated carbocycles. The summed E-state index contributed by atoms with van der Waals surface area (Å²) in [5, 5.41) is 3.24. The molecular formula is C9H11Cl2NS. The third kappa shape index (κ3) is 4.67. The quantitative estimate of drug-likeness (QED) is 0.773. The SMILES string of the molecule is Cl/C=C/CNCCc1ccc(Cl)s1. The van der Waals surface area contributed by atoms with Crippen LogP contribution in [0.4, 0.5) is 0 Å². The zero-order chi connectivity index (χ0) is 9.52. The van der Waals surface area contributed by atoms with Crippen molar-refractivity contribution in [3.8, 4) is 0 Å². The zero-order valence-corrected chi connectivity index (χ0v) is 9.42. The highest BCUT2D eigenvalue weighted by Gasteiger charge is 1.96. The first-order valence-electron chi connectivity index (χ1n) is 4.03. The van der Waals surface area contributed by atoms with Crippen LogP contribution in [0.5, 0.6) is 0 Å². The maximum Gasteiger partial charge on any atom is 0.0931 e. The summed E-state index contributed by atoms with van der Waals surface area (Å²) in [4.78, 5) is 1.31. The van der Waals surface area contributed by atoms with E-state index in [1.54, 1.807) is 11.3 Å². The van der Waals surface area contributed by atoms with Crippen molar-refractivity contribution in [1.82, 2.24) is 5.32 Å². The fourth-order valence-electron chi connectivity index (χ4n) is 0.928. The largest absolute Gasteiger partial charge is 0.313 e. The van der Waals surface area contributed by atoms with Crippen LogP contribution in [0.3, 0.4) is 0 Å². The first-order chi connectivity index (χ1) is 6.33. The molecular weight excluding hydrogens is 225 g/mol. The number of nitrogens with one attached hydrogen (secondary N) is 1.